The number of hydrogen-bond donors (Lipinski definition) is 1. The van der Waals surface area contributed by atoms with E-state index >= 15 is 0 Å². The number of nitrogens with zero attached hydrogens (tertiary/aromatic N) is 3. The first-order valence-corrected chi connectivity index (χ1v) is 7.47. The summed E-state index contributed by atoms with van der Waals surface area (Å²) in [6, 6.07) is 0. The molecule has 1 atom stereocenters. The summed E-state index contributed by atoms with van der Waals surface area (Å²) in [6.45, 7) is 2.67. The Morgan fingerprint density at radius 3 is 3.00 bits per heavy atom. The van der Waals surface area contributed by atoms with Crippen LogP contribution >= 0.6 is 0 Å². The van der Waals surface area contributed by atoms with Gasteiger partial charge in [0.15, 0.2) is 5.82 Å². The summed E-state index contributed by atoms with van der Waals surface area (Å²) in [4.78, 5) is 17.4. The van der Waals surface area contributed by atoms with Crippen molar-refractivity contribution in [1.82, 2.24) is 15.0 Å². The molecule has 2 heterocycles. The van der Waals surface area contributed by atoms with Crippen LogP contribution in [0.5, 0.6) is 0 Å². The summed E-state index contributed by atoms with van der Waals surface area (Å²) in [5.41, 5.74) is 0. The summed E-state index contributed by atoms with van der Waals surface area (Å²) in [6.07, 6.45) is 5.64. The third-order valence-electron chi connectivity index (χ3n) is 4.15. The Morgan fingerprint density at radius 1 is 1.40 bits per heavy atom. The van der Waals surface area contributed by atoms with Gasteiger partial charge in [-0.05, 0) is 44.6 Å². The van der Waals surface area contributed by atoms with Gasteiger partial charge < -0.3 is 9.63 Å². The molecule has 6 nitrogen and oxygen atoms in total. The molecule has 1 aliphatic carbocycles. The minimum atomic E-state index is -0.701. The van der Waals surface area contributed by atoms with E-state index in [9.17, 15) is 4.79 Å². The molecule has 0 radical (unpaired) electrons. The number of carboxylic acids is 1. The Kier molecular flexibility index (Phi) is 4.00. The molecule has 0 amide bonds. The molecule has 0 bridgehead atoms. The van der Waals surface area contributed by atoms with Crippen LogP contribution in [0.25, 0.3) is 0 Å². The quantitative estimate of drug-likeness (QED) is 0.858. The van der Waals surface area contributed by atoms with Gasteiger partial charge in [0.1, 0.15) is 0 Å². The number of aliphatic carboxylic acids is 1. The number of carbonyl (C=O) groups is 1. The highest BCUT2D eigenvalue weighted by molar-refractivity contribution is 5.66. The summed E-state index contributed by atoms with van der Waals surface area (Å²) in [5.74, 6) is 1.86. The van der Waals surface area contributed by atoms with E-state index in [0.29, 0.717) is 24.3 Å². The number of aromatic nitrogens is 2. The van der Waals surface area contributed by atoms with Crippen LogP contribution < -0.4 is 0 Å². The van der Waals surface area contributed by atoms with Gasteiger partial charge in [-0.25, -0.2) is 0 Å². The fourth-order valence-electron chi connectivity index (χ4n) is 2.89. The fraction of sp³-hybridized carbons (Fsp3) is 0.786. The zero-order chi connectivity index (χ0) is 13.9. The van der Waals surface area contributed by atoms with Crippen LogP contribution in [-0.4, -0.2) is 39.2 Å². The maximum atomic E-state index is 10.6. The van der Waals surface area contributed by atoms with Crippen molar-refractivity contribution in [2.24, 2.45) is 5.92 Å². The van der Waals surface area contributed by atoms with Crippen molar-refractivity contribution < 1.29 is 14.4 Å². The average Bonchev–Trinajstić information content (AvgIpc) is 3.18. The van der Waals surface area contributed by atoms with Crippen molar-refractivity contribution in [3.8, 4) is 0 Å². The smallest absolute Gasteiger partial charge is 0.303 e. The van der Waals surface area contributed by atoms with Crippen LogP contribution in [-0.2, 0) is 11.3 Å². The van der Waals surface area contributed by atoms with E-state index < -0.39 is 5.97 Å². The van der Waals surface area contributed by atoms with Crippen molar-refractivity contribution in [2.75, 3.05) is 13.1 Å². The second kappa shape index (κ2) is 5.91. The van der Waals surface area contributed by atoms with Gasteiger partial charge in [-0.3, -0.25) is 9.69 Å². The van der Waals surface area contributed by atoms with Gasteiger partial charge in [0, 0.05) is 18.9 Å². The molecule has 1 saturated heterocycles. The molecule has 1 unspecified atom stereocenters. The highest BCUT2D eigenvalue weighted by Crippen LogP contribution is 2.38. The zero-order valence-electron chi connectivity index (χ0n) is 11.6. The molecule has 2 fully saturated rings. The van der Waals surface area contributed by atoms with Gasteiger partial charge in [-0.2, -0.15) is 4.98 Å². The second-order valence-electron chi connectivity index (χ2n) is 6.00. The summed E-state index contributed by atoms with van der Waals surface area (Å²) in [7, 11) is 0. The van der Waals surface area contributed by atoms with Crippen LogP contribution in [0.4, 0.5) is 0 Å². The highest BCUT2D eigenvalue weighted by Gasteiger charge is 2.29. The molecular formula is C14H21N3O3. The topological polar surface area (TPSA) is 79.5 Å². The van der Waals surface area contributed by atoms with Crippen molar-refractivity contribution in [1.29, 1.82) is 0 Å². The summed E-state index contributed by atoms with van der Waals surface area (Å²) in [5, 5.41) is 12.8. The van der Waals surface area contributed by atoms with Crippen LogP contribution in [0.15, 0.2) is 4.52 Å². The standard InChI is InChI=1S/C14H21N3O3/c18-13(19)6-3-10-2-1-7-17(8-10)9-12-15-14(16-20-12)11-4-5-11/h10-11H,1-9H2,(H,18,19). The maximum Gasteiger partial charge on any atom is 0.303 e. The Labute approximate surface area is 118 Å². The predicted octanol–water partition coefficient (Wildman–Crippen LogP) is 2.02. The fourth-order valence-corrected chi connectivity index (χ4v) is 2.89. The number of hydrogen-bond acceptors (Lipinski definition) is 5. The summed E-state index contributed by atoms with van der Waals surface area (Å²) < 4.78 is 5.31. The molecule has 0 aromatic carbocycles. The maximum absolute atomic E-state index is 10.6. The molecule has 1 aromatic rings. The molecule has 6 heteroatoms. The molecule has 1 saturated carbocycles. The first-order valence-electron chi connectivity index (χ1n) is 7.47. The van der Waals surface area contributed by atoms with E-state index in [0.717, 1.165) is 38.2 Å². The third kappa shape index (κ3) is 3.56. The monoisotopic (exact) mass is 279 g/mol. The minimum Gasteiger partial charge on any atom is -0.481 e. The van der Waals surface area contributed by atoms with Crippen molar-refractivity contribution in [3.63, 3.8) is 0 Å². The third-order valence-corrected chi connectivity index (χ3v) is 4.15. The zero-order valence-corrected chi connectivity index (χ0v) is 11.6. The molecule has 20 heavy (non-hydrogen) atoms. The number of rotatable bonds is 6. The van der Waals surface area contributed by atoms with Crippen LogP contribution in [0.3, 0.4) is 0 Å². The number of piperidine rings is 1. The Bertz CT molecular complexity index is 470. The SMILES string of the molecule is O=C(O)CCC1CCCN(Cc2nc(C3CC3)no2)C1. The lowest BCUT2D eigenvalue weighted by Gasteiger charge is -2.31. The van der Waals surface area contributed by atoms with E-state index in [1.165, 1.54) is 12.8 Å². The van der Waals surface area contributed by atoms with E-state index in [1.54, 1.807) is 0 Å². The van der Waals surface area contributed by atoms with Crippen molar-refractivity contribution in [3.05, 3.63) is 11.7 Å². The molecule has 1 aromatic heterocycles. The van der Waals surface area contributed by atoms with Crippen molar-refractivity contribution in [2.45, 2.75) is 51.0 Å². The lowest BCUT2D eigenvalue weighted by Crippen LogP contribution is -2.35. The molecule has 3 rings (SSSR count). The predicted molar refractivity (Wildman–Crippen MR) is 71.1 cm³/mol. The lowest BCUT2D eigenvalue weighted by molar-refractivity contribution is -0.137. The number of likely N-dealkylation sites (tertiary alicyclic amines) is 1. The normalized spacial score (nSPS) is 23.9. The van der Waals surface area contributed by atoms with E-state index in [2.05, 4.69) is 15.0 Å². The van der Waals surface area contributed by atoms with E-state index in [1.807, 2.05) is 0 Å². The molecule has 110 valence electrons. The highest BCUT2D eigenvalue weighted by atomic mass is 16.5. The van der Waals surface area contributed by atoms with Gasteiger partial charge in [-0.15, -0.1) is 0 Å². The first kappa shape index (κ1) is 13.5. The van der Waals surface area contributed by atoms with Gasteiger partial charge in [0.25, 0.3) is 0 Å². The Balaban J connectivity index is 1.49. The van der Waals surface area contributed by atoms with Gasteiger partial charge in [-0.1, -0.05) is 5.16 Å². The molecule has 0 spiro atoms. The lowest BCUT2D eigenvalue weighted by atomic mass is 9.93. The Morgan fingerprint density at radius 2 is 2.25 bits per heavy atom. The Hall–Kier alpha value is -1.43. The van der Waals surface area contributed by atoms with Gasteiger partial charge in [0.2, 0.25) is 5.89 Å². The molecular weight excluding hydrogens is 258 g/mol. The minimum absolute atomic E-state index is 0.269. The van der Waals surface area contributed by atoms with E-state index in [-0.39, 0.29) is 6.42 Å². The van der Waals surface area contributed by atoms with Gasteiger partial charge >= 0.3 is 5.97 Å². The second-order valence-corrected chi connectivity index (χ2v) is 6.00. The molecule has 1 N–H and O–H groups in total. The average molecular weight is 279 g/mol. The van der Waals surface area contributed by atoms with Gasteiger partial charge in [0.05, 0.1) is 6.54 Å². The summed E-state index contributed by atoms with van der Waals surface area (Å²) >= 11 is 0. The van der Waals surface area contributed by atoms with Crippen LogP contribution in [0.1, 0.15) is 56.2 Å². The van der Waals surface area contributed by atoms with Crippen LogP contribution in [0.2, 0.25) is 0 Å². The number of carboxylic acid groups (broad SMARTS) is 1. The largest absolute Gasteiger partial charge is 0.481 e. The first-order chi connectivity index (χ1) is 9.70. The van der Waals surface area contributed by atoms with Crippen LogP contribution in [0, 0.1) is 5.92 Å². The van der Waals surface area contributed by atoms with Crippen molar-refractivity contribution >= 4 is 5.97 Å². The van der Waals surface area contributed by atoms with E-state index in [4.69, 9.17) is 9.63 Å². The molecule has 1 aliphatic heterocycles. The molecule has 2 aliphatic rings.